The van der Waals surface area contributed by atoms with E-state index in [0.717, 1.165) is 6.42 Å². The highest BCUT2D eigenvalue weighted by Gasteiger charge is 2.29. The molecule has 0 radical (unpaired) electrons. The van der Waals surface area contributed by atoms with Crippen LogP contribution in [0, 0.1) is 6.92 Å². The molecule has 0 unspecified atom stereocenters. The van der Waals surface area contributed by atoms with E-state index in [4.69, 9.17) is 0 Å². The Balaban J connectivity index is 2.61. The van der Waals surface area contributed by atoms with E-state index in [1.807, 2.05) is 0 Å². The summed E-state index contributed by atoms with van der Waals surface area (Å²) in [6.07, 6.45) is 3.21. The largest absolute Gasteiger partial charge is 0.260 e. The maximum Gasteiger partial charge on any atom is 0.0696 e. The van der Waals surface area contributed by atoms with Crippen molar-refractivity contribution in [3.8, 4) is 0 Å². The summed E-state index contributed by atoms with van der Waals surface area (Å²) in [5.41, 5.74) is 4.02. The van der Waals surface area contributed by atoms with Crippen LogP contribution in [0.2, 0.25) is 0 Å². The molecule has 13 heavy (non-hydrogen) atoms. The summed E-state index contributed by atoms with van der Waals surface area (Å²) in [5.74, 6) is 0. The van der Waals surface area contributed by atoms with Gasteiger partial charge in [0.25, 0.3) is 0 Å². The van der Waals surface area contributed by atoms with E-state index < -0.39 is 0 Å². The lowest BCUT2D eigenvalue weighted by atomic mass is 9.82. The SMILES string of the molecule is CC[C@]1(C)C=Nc2c(C)cccc21. The number of hydrogen-bond acceptors (Lipinski definition) is 1. The van der Waals surface area contributed by atoms with Crippen molar-refractivity contribution in [1.29, 1.82) is 0 Å². The molecule has 1 aliphatic heterocycles. The van der Waals surface area contributed by atoms with Gasteiger partial charge in [-0.05, 0) is 24.5 Å². The normalized spacial score (nSPS) is 24.8. The van der Waals surface area contributed by atoms with Crippen LogP contribution in [0.3, 0.4) is 0 Å². The van der Waals surface area contributed by atoms with Crippen LogP contribution >= 0.6 is 0 Å². The minimum absolute atomic E-state index is 0.168. The van der Waals surface area contributed by atoms with Gasteiger partial charge in [0.05, 0.1) is 5.69 Å². The molecule has 0 N–H and O–H groups in total. The third-order valence-corrected chi connectivity index (χ3v) is 3.07. The average molecular weight is 173 g/mol. The van der Waals surface area contributed by atoms with Gasteiger partial charge in [0.2, 0.25) is 0 Å². The van der Waals surface area contributed by atoms with Crippen LogP contribution in [0.1, 0.15) is 31.4 Å². The Morgan fingerprint density at radius 1 is 1.38 bits per heavy atom. The number of para-hydroxylation sites is 1. The second-order valence-corrected chi connectivity index (χ2v) is 4.00. The molecule has 1 atom stereocenters. The number of benzene rings is 1. The van der Waals surface area contributed by atoms with Crippen LogP contribution in [-0.2, 0) is 5.41 Å². The van der Waals surface area contributed by atoms with Gasteiger partial charge in [-0.25, -0.2) is 0 Å². The third kappa shape index (κ3) is 1.11. The molecule has 1 aromatic rings. The first-order valence-corrected chi connectivity index (χ1v) is 4.83. The third-order valence-electron chi connectivity index (χ3n) is 3.07. The molecule has 0 aliphatic carbocycles. The van der Waals surface area contributed by atoms with E-state index in [2.05, 4.69) is 50.2 Å². The fourth-order valence-corrected chi connectivity index (χ4v) is 1.85. The number of fused-ring (bicyclic) bond motifs is 1. The maximum absolute atomic E-state index is 4.50. The van der Waals surface area contributed by atoms with Crippen LogP contribution in [0.4, 0.5) is 5.69 Å². The van der Waals surface area contributed by atoms with Gasteiger partial charge < -0.3 is 0 Å². The molecular formula is C12H15N. The molecule has 1 aliphatic rings. The van der Waals surface area contributed by atoms with E-state index in [-0.39, 0.29) is 5.41 Å². The Bertz CT molecular complexity index is 365. The molecule has 0 bridgehead atoms. The van der Waals surface area contributed by atoms with Crippen molar-refractivity contribution in [3.05, 3.63) is 29.3 Å². The van der Waals surface area contributed by atoms with Crippen molar-refractivity contribution < 1.29 is 0 Å². The summed E-state index contributed by atoms with van der Waals surface area (Å²) in [4.78, 5) is 4.50. The smallest absolute Gasteiger partial charge is 0.0696 e. The Morgan fingerprint density at radius 3 is 2.85 bits per heavy atom. The van der Waals surface area contributed by atoms with Gasteiger partial charge in [-0.2, -0.15) is 0 Å². The highest BCUT2D eigenvalue weighted by atomic mass is 14.8. The van der Waals surface area contributed by atoms with Gasteiger partial charge in [0.1, 0.15) is 0 Å². The molecule has 68 valence electrons. The molecule has 0 spiro atoms. The summed E-state index contributed by atoms with van der Waals surface area (Å²) in [6, 6.07) is 6.44. The first-order valence-electron chi connectivity index (χ1n) is 4.83. The van der Waals surface area contributed by atoms with Crippen molar-refractivity contribution >= 4 is 11.9 Å². The molecule has 0 aromatic heterocycles. The topological polar surface area (TPSA) is 12.4 Å². The van der Waals surface area contributed by atoms with Gasteiger partial charge in [-0.15, -0.1) is 0 Å². The van der Waals surface area contributed by atoms with E-state index in [1.54, 1.807) is 0 Å². The lowest BCUT2D eigenvalue weighted by Crippen LogP contribution is -2.19. The van der Waals surface area contributed by atoms with Crippen LogP contribution in [0.25, 0.3) is 0 Å². The Morgan fingerprint density at radius 2 is 2.15 bits per heavy atom. The van der Waals surface area contributed by atoms with Gasteiger partial charge >= 0.3 is 0 Å². The number of nitrogens with zero attached hydrogens (tertiary/aromatic N) is 1. The zero-order valence-corrected chi connectivity index (χ0v) is 8.46. The highest BCUT2D eigenvalue weighted by Crippen LogP contribution is 2.40. The van der Waals surface area contributed by atoms with Gasteiger partial charge in [-0.1, -0.05) is 32.0 Å². The first-order chi connectivity index (χ1) is 6.17. The summed E-state index contributed by atoms with van der Waals surface area (Å²) in [6.45, 7) is 6.59. The molecule has 0 amide bonds. The van der Waals surface area contributed by atoms with E-state index in [9.17, 15) is 0 Å². The molecule has 0 saturated heterocycles. The molecular weight excluding hydrogens is 158 g/mol. The fraction of sp³-hybridized carbons (Fsp3) is 0.417. The van der Waals surface area contributed by atoms with Crippen molar-refractivity contribution in [1.82, 2.24) is 0 Å². The molecule has 1 heterocycles. The number of aryl methyl sites for hydroxylation is 1. The van der Waals surface area contributed by atoms with Crippen molar-refractivity contribution in [2.24, 2.45) is 4.99 Å². The van der Waals surface area contributed by atoms with Crippen LogP contribution < -0.4 is 0 Å². The number of hydrogen-bond donors (Lipinski definition) is 0. The zero-order valence-electron chi connectivity index (χ0n) is 8.46. The quantitative estimate of drug-likeness (QED) is 0.617. The molecule has 0 fully saturated rings. The number of rotatable bonds is 1. The lowest BCUT2D eigenvalue weighted by molar-refractivity contribution is 0.638. The van der Waals surface area contributed by atoms with Crippen LogP contribution in [0.15, 0.2) is 23.2 Å². The standard InChI is InChI=1S/C12H15N/c1-4-12(3)8-13-11-9(2)6-5-7-10(11)12/h5-8H,4H2,1-3H3/t12-/m1/s1. The highest BCUT2D eigenvalue weighted by molar-refractivity contribution is 5.85. The Hall–Kier alpha value is -1.11. The number of aliphatic imine (C=N–C) groups is 1. The Labute approximate surface area is 79.5 Å². The molecule has 0 saturated carbocycles. The molecule has 2 rings (SSSR count). The van der Waals surface area contributed by atoms with Gasteiger partial charge in [-0.3, -0.25) is 4.99 Å². The van der Waals surface area contributed by atoms with Gasteiger partial charge in [0.15, 0.2) is 0 Å². The summed E-state index contributed by atoms with van der Waals surface area (Å²) in [7, 11) is 0. The fourth-order valence-electron chi connectivity index (χ4n) is 1.85. The lowest BCUT2D eigenvalue weighted by Gasteiger charge is -2.20. The van der Waals surface area contributed by atoms with Crippen LogP contribution in [-0.4, -0.2) is 6.21 Å². The minimum Gasteiger partial charge on any atom is -0.260 e. The van der Waals surface area contributed by atoms with E-state index in [1.165, 1.54) is 16.8 Å². The minimum atomic E-state index is 0.168. The molecule has 1 aromatic carbocycles. The second-order valence-electron chi connectivity index (χ2n) is 4.00. The van der Waals surface area contributed by atoms with E-state index >= 15 is 0 Å². The monoisotopic (exact) mass is 173 g/mol. The van der Waals surface area contributed by atoms with Crippen molar-refractivity contribution in [2.45, 2.75) is 32.6 Å². The predicted molar refractivity (Wildman–Crippen MR) is 57.0 cm³/mol. The zero-order chi connectivity index (χ0) is 9.47. The molecule has 1 nitrogen and oxygen atoms in total. The summed E-state index contributed by atoms with van der Waals surface area (Å²) in [5, 5.41) is 0. The Kier molecular flexibility index (Phi) is 1.76. The maximum atomic E-state index is 4.50. The van der Waals surface area contributed by atoms with Crippen molar-refractivity contribution in [3.63, 3.8) is 0 Å². The van der Waals surface area contributed by atoms with Gasteiger partial charge in [0, 0.05) is 11.6 Å². The van der Waals surface area contributed by atoms with E-state index in [0.29, 0.717) is 0 Å². The average Bonchev–Trinajstić information content (AvgIpc) is 2.47. The summed E-state index contributed by atoms with van der Waals surface area (Å²) >= 11 is 0. The van der Waals surface area contributed by atoms with Crippen molar-refractivity contribution in [2.75, 3.05) is 0 Å². The summed E-state index contributed by atoms with van der Waals surface area (Å²) < 4.78 is 0. The second kappa shape index (κ2) is 2.69. The first kappa shape index (κ1) is 8.49. The van der Waals surface area contributed by atoms with Crippen LogP contribution in [0.5, 0.6) is 0 Å². The predicted octanol–water partition coefficient (Wildman–Crippen LogP) is 3.38. The molecule has 1 heteroatoms.